The van der Waals surface area contributed by atoms with Crippen LogP contribution in [0.3, 0.4) is 0 Å². The first-order valence-corrected chi connectivity index (χ1v) is 10.4. The van der Waals surface area contributed by atoms with Crippen LogP contribution in [0.25, 0.3) is 34.0 Å². The maximum Gasteiger partial charge on any atom is 0.222 e. The average molecular weight is 457 g/mol. The molecule has 34 heavy (non-hydrogen) atoms. The normalized spacial score (nSPS) is 11.1. The molecule has 0 fully saturated rings. The van der Waals surface area contributed by atoms with Crippen LogP contribution in [-0.2, 0) is 4.79 Å². The van der Waals surface area contributed by atoms with Gasteiger partial charge in [0, 0.05) is 36.5 Å². The Bertz CT molecular complexity index is 1520. The summed E-state index contributed by atoms with van der Waals surface area (Å²) >= 11 is 0. The lowest BCUT2D eigenvalue weighted by Gasteiger charge is -2.11. The number of imidazole rings is 1. The van der Waals surface area contributed by atoms with E-state index in [1.165, 1.54) is 20.1 Å². The second kappa shape index (κ2) is 8.39. The lowest BCUT2D eigenvalue weighted by atomic mass is 10.1. The van der Waals surface area contributed by atoms with Gasteiger partial charge in [0.1, 0.15) is 17.8 Å². The first-order chi connectivity index (χ1) is 16.4. The Morgan fingerprint density at radius 2 is 1.94 bits per heavy atom. The van der Waals surface area contributed by atoms with Gasteiger partial charge in [0.05, 0.1) is 24.7 Å². The Morgan fingerprint density at radius 1 is 1.09 bits per heavy atom. The van der Waals surface area contributed by atoms with E-state index < -0.39 is 5.82 Å². The van der Waals surface area contributed by atoms with Crippen molar-refractivity contribution in [3.8, 4) is 34.1 Å². The van der Waals surface area contributed by atoms with Crippen molar-refractivity contribution in [1.29, 1.82) is 0 Å². The Hall–Kier alpha value is -4.60. The van der Waals surface area contributed by atoms with Crippen molar-refractivity contribution >= 4 is 17.4 Å². The number of aromatic nitrogens is 6. The van der Waals surface area contributed by atoms with Crippen LogP contribution in [0.2, 0.25) is 0 Å². The number of aryl methyl sites for hydroxylation is 1. The van der Waals surface area contributed by atoms with Gasteiger partial charge in [-0.2, -0.15) is 0 Å². The average Bonchev–Trinajstić information content (AvgIpc) is 3.47. The molecular formula is C24H20FN7O2. The summed E-state index contributed by atoms with van der Waals surface area (Å²) in [5.41, 5.74) is 4.86. The van der Waals surface area contributed by atoms with Crippen molar-refractivity contribution in [1.82, 2.24) is 29.1 Å². The molecule has 1 aromatic carbocycles. The maximum absolute atomic E-state index is 13.9. The molecule has 0 aliphatic rings. The van der Waals surface area contributed by atoms with E-state index >= 15 is 0 Å². The molecule has 0 aliphatic heterocycles. The van der Waals surface area contributed by atoms with Crippen molar-refractivity contribution < 1.29 is 13.9 Å². The molecule has 10 heteroatoms. The monoisotopic (exact) mass is 457 g/mol. The molecule has 4 aromatic heterocycles. The van der Waals surface area contributed by atoms with Crippen molar-refractivity contribution in [2.45, 2.75) is 13.8 Å². The minimum atomic E-state index is -0.445. The summed E-state index contributed by atoms with van der Waals surface area (Å²) < 4.78 is 22.8. The summed E-state index contributed by atoms with van der Waals surface area (Å²) in [5.74, 6) is 0.565. The third kappa shape index (κ3) is 3.75. The van der Waals surface area contributed by atoms with E-state index in [4.69, 9.17) is 4.74 Å². The lowest BCUT2D eigenvalue weighted by molar-refractivity contribution is -0.114. The third-order valence-electron chi connectivity index (χ3n) is 5.37. The first-order valence-electron chi connectivity index (χ1n) is 10.4. The van der Waals surface area contributed by atoms with Crippen LogP contribution in [0.4, 0.5) is 10.2 Å². The molecular weight excluding hydrogens is 437 g/mol. The smallest absolute Gasteiger partial charge is 0.222 e. The molecule has 0 unspecified atom stereocenters. The molecule has 1 amide bonds. The molecule has 0 spiro atoms. The number of nitrogens with zero attached hydrogens (tertiary/aromatic N) is 6. The summed E-state index contributed by atoms with van der Waals surface area (Å²) in [6.45, 7) is 3.40. The quantitative estimate of drug-likeness (QED) is 0.427. The SMILES string of the molecule is COc1cc(-n2cnnc2-c2cc(C)c3ncc(-c4ccc(NC(C)=O)nc4)n3c2)ccc1F. The number of carbonyl (C=O) groups is 1. The van der Waals surface area contributed by atoms with Crippen LogP contribution in [0.5, 0.6) is 5.75 Å². The van der Waals surface area contributed by atoms with Crippen molar-refractivity contribution in [3.63, 3.8) is 0 Å². The zero-order valence-corrected chi connectivity index (χ0v) is 18.7. The van der Waals surface area contributed by atoms with Gasteiger partial charge in [-0.1, -0.05) is 0 Å². The molecule has 0 aliphatic carbocycles. The van der Waals surface area contributed by atoms with Gasteiger partial charge >= 0.3 is 0 Å². The molecule has 5 rings (SSSR count). The van der Waals surface area contributed by atoms with Gasteiger partial charge in [0.15, 0.2) is 17.4 Å². The fraction of sp³-hybridized carbons (Fsp3) is 0.125. The summed E-state index contributed by atoms with van der Waals surface area (Å²) in [6.07, 6.45) is 6.95. The summed E-state index contributed by atoms with van der Waals surface area (Å²) in [6, 6.07) is 10.2. The highest BCUT2D eigenvalue weighted by atomic mass is 19.1. The molecule has 1 N–H and O–H groups in total. The summed E-state index contributed by atoms with van der Waals surface area (Å²) in [7, 11) is 1.42. The number of anilines is 1. The molecule has 0 saturated carbocycles. The molecule has 0 bridgehead atoms. The van der Waals surface area contributed by atoms with Crippen molar-refractivity contribution in [3.05, 3.63) is 72.7 Å². The summed E-state index contributed by atoms with van der Waals surface area (Å²) in [4.78, 5) is 20.1. The third-order valence-corrected chi connectivity index (χ3v) is 5.37. The highest BCUT2D eigenvalue weighted by Gasteiger charge is 2.16. The van der Waals surface area contributed by atoms with E-state index in [0.717, 1.165) is 28.0 Å². The number of halogens is 1. The number of hydrogen-bond donors (Lipinski definition) is 1. The molecule has 9 nitrogen and oxygen atoms in total. The topological polar surface area (TPSA) is 99.2 Å². The van der Waals surface area contributed by atoms with Crippen LogP contribution < -0.4 is 10.1 Å². The molecule has 0 atom stereocenters. The zero-order valence-electron chi connectivity index (χ0n) is 18.7. The second-order valence-corrected chi connectivity index (χ2v) is 7.71. The van der Waals surface area contributed by atoms with Gasteiger partial charge in [-0.3, -0.25) is 13.8 Å². The Kier molecular flexibility index (Phi) is 5.25. The molecule has 4 heterocycles. The fourth-order valence-electron chi connectivity index (χ4n) is 3.81. The van der Waals surface area contributed by atoms with Gasteiger partial charge in [-0.05, 0) is 42.8 Å². The number of amides is 1. The number of rotatable bonds is 5. The number of pyridine rings is 2. The highest BCUT2D eigenvalue weighted by Crippen LogP contribution is 2.29. The van der Waals surface area contributed by atoms with E-state index in [1.54, 1.807) is 41.5 Å². The zero-order chi connectivity index (χ0) is 23.8. The predicted octanol–water partition coefficient (Wildman–Crippen LogP) is 4.06. The standard InChI is InChI=1S/C24H20FN7O2/c1-14-8-17(24-30-28-13-32(24)18-5-6-19(25)21(9-18)34-3)12-31-20(11-27-23(14)31)16-4-7-22(26-10-16)29-15(2)33/h4-13H,1-3H3,(H,26,29,33). The van der Waals surface area contributed by atoms with E-state index in [-0.39, 0.29) is 11.7 Å². The largest absolute Gasteiger partial charge is 0.494 e. The van der Waals surface area contributed by atoms with Gasteiger partial charge in [0.25, 0.3) is 0 Å². The van der Waals surface area contributed by atoms with Gasteiger partial charge < -0.3 is 10.1 Å². The number of fused-ring (bicyclic) bond motifs is 1. The number of methoxy groups -OCH3 is 1. The number of ether oxygens (including phenoxy) is 1. The maximum atomic E-state index is 13.9. The van der Waals surface area contributed by atoms with Crippen LogP contribution >= 0.6 is 0 Å². The number of nitrogens with one attached hydrogen (secondary N) is 1. The Labute approximate surface area is 193 Å². The molecule has 5 aromatic rings. The number of carbonyl (C=O) groups excluding carboxylic acids is 1. The minimum Gasteiger partial charge on any atom is -0.494 e. The van der Waals surface area contributed by atoms with Crippen LogP contribution in [-0.4, -0.2) is 42.2 Å². The second-order valence-electron chi connectivity index (χ2n) is 7.71. The summed E-state index contributed by atoms with van der Waals surface area (Å²) in [5, 5.41) is 11.0. The first kappa shape index (κ1) is 21.3. The van der Waals surface area contributed by atoms with E-state index in [1.807, 2.05) is 29.7 Å². The van der Waals surface area contributed by atoms with Gasteiger partial charge in [-0.15, -0.1) is 10.2 Å². The van der Waals surface area contributed by atoms with E-state index in [9.17, 15) is 9.18 Å². The highest BCUT2D eigenvalue weighted by molar-refractivity contribution is 5.87. The van der Waals surface area contributed by atoms with Crippen molar-refractivity contribution in [2.24, 2.45) is 0 Å². The Morgan fingerprint density at radius 3 is 2.68 bits per heavy atom. The van der Waals surface area contributed by atoms with Gasteiger partial charge in [0.2, 0.25) is 5.91 Å². The van der Waals surface area contributed by atoms with Gasteiger partial charge in [-0.25, -0.2) is 14.4 Å². The van der Waals surface area contributed by atoms with Crippen molar-refractivity contribution in [2.75, 3.05) is 12.4 Å². The lowest BCUT2D eigenvalue weighted by Crippen LogP contribution is -2.07. The van der Waals surface area contributed by atoms with Crippen LogP contribution in [0, 0.1) is 12.7 Å². The number of benzene rings is 1. The van der Waals surface area contributed by atoms with Crippen LogP contribution in [0.1, 0.15) is 12.5 Å². The van der Waals surface area contributed by atoms with E-state index in [2.05, 4.69) is 25.5 Å². The van der Waals surface area contributed by atoms with E-state index in [0.29, 0.717) is 17.3 Å². The number of hydrogen-bond acceptors (Lipinski definition) is 6. The van der Waals surface area contributed by atoms with Crippen LogP contribution in [0.15, 0.2) is 61.3 Å². The molecule has 0 saturated heterocycles. The molecule has 0 radical (unpaired) electrons. The fourth-order valence-corrected chi connectivity index (χ4v) is 3.81. The predicted molar refractivity (Wildman–Crippen MR) is 124 cm³/mol. The molecule has 170 valence electrons. The Balaban J connectivity index is 1.60. The minimum absolute atomic E-state index is 0.135.